The maximum atomic E-state index is 10.0. The van der Waals surface area contributed by atoms with Gasteiger partial charge in [0.05, 0.1) is 0 Å². The fourth-order valence-corrected chi connectivity index (χ4v) is 0.662. The molecule has 0 aromatic heterocycles. The first-order valence-electron chi connectivity index (χ1n) is 4.92. The SMILES string of the molecule is C[SiH](C)C.O=C(O)COc1ccccc1. The van der Waals surface area contributed by atoms with Crippen molar-refractivity contribution in [2.45, 2.75) is 19.6 Å². The number of benzene rings is 1. The lowest BCUT2D eigenvalue weighted by Gasteiger charge is -2.00. The lowest BCUT2D eigenvalue weighted by Crippen LogP contribution is -2.09. The molecule has 0 fully saturated rings. The van der Waals surface area contributed by atoms with Crippen LogP contribution < -0.4 is 4.74 Å². The Bertz CT molecular complexity index is 270. The lowest BCUT2D eigenvalue weighted by molar-refractivity contribution is -0.139. The molecule has 0 aliphatic heterocycles. The van der Waals surface area contributed by atoms with E-state index in [0.717, 1.165) is 0 Å². The van der Waals surface area contributed by atoms with Gasteiger partial charge in [-0.2, -0.15) is 0 Å². The Hall–Kier alpha value is -1.29. The average molecular weight is 226 g/mol. The molecule has 0 spiro atoms. The zero-order valence-electron chi connectivity index (χ0n) is 9.43. The molecule has 0 aliphatic rings. The van der Waals surface area contributed by atoms with Crippen molar-refractivity contribution >= 4 is 14.8 Å². The summed E-state index contributed by atoms with van der Waals surface area (Å²) >= 11 is 0. The number of para-hydroxylation sites is 1. The summed E-state index contributed by atoms with van der Waals surface area (Å²) < 4.78 is 4.87. The molecular formula is C11H18O3Si. The summed E-state index contributed by atoms with van der Waals surface area (Å²) in [6, 6.07) is 8.84. The molecule has 0 saturated heterocycles. The van der Waals surface area contributed by atoms with Crippen molar-refractivity contribution < 1.29 is 14.6 Å². The fourth-order valence-electron chi connectivity index (χ4n) is 0.662. The lowest BCUT2D eigenvalue weighted by atomic mass is 10.3. The minimum Gasteiger partial charge on any atom is -0.482 e. The first-order valence-corrected chi connectivity index (χ1v) is 8.38. The summed E-state index contributed by atoms with van der Waals surface area (Å²) in [5.74, 6) is -0.385. The van der Waals surface area contributed by atoms with E-state index < -0.39 is 5.97 Å². The Labute approximate surface area is 92.3 Å². The molecule has 84 valence electrons. The molecule has 0 amide bonds. The smallest absolute Gasteiger partial charge is 0.341 e. The average Bonchev–Trinajstić information content (AvgIpc) is 2.15. The van der Waals surface area contributed by atoms with Gasteiger partial charge in [-0.3, -0.25) is 0 Å². The summed E-state index contributed by atoms with van der Waals surface area (Å²) in [5.41, 5.74) is 0. The summed E-state index contributed by atoms with van der Waals surface area (Å²) in [6.07, 6.45) is 0. The summed E-state index contributed by atoms with van der Waals surface area (Å²) in [6.45, 7) is 6.63. The van der Waals surface area contributed by atoms with Gasteiger partial charge in [-0.15, -0.1) is 0 Å². The molecule has 0 aliphatic carbocycles. The van der Waals surface area contributed by atoms with Crippen LogP contribution in [-0.2, 0) is 4.79 Å². The minimum atomic E-state index is -0.964. The Kier molecular flexibility index (Phi) is 7.36. The van der Waals surface area contributed by atoms with Crippen LogP contribution in [0.25, 0.3) is 0 Å². The second-order valence-electron chi connectivity index (χ2n) is 3.73. The zero-order valence-corrected chi connectivity index (χ0v) is 10.6. The van der Waals surface area contributed by atoms with Crippen LogP contribution in [0.3, 0.4) is 0 Å². The van der Waals surface area contributed by atoms with E-state index in [0.29, 0.717) is 5.75 Å². The topological polar surface area (TPSA) is 46.5 Å². The quantitative estimate of drug-likeness (QED) is 0.804. The maximum Gasteiger partial charge on any atom is 0.341 e. The number of aliphatic carboxylic acids is 1. The van der Waals surface area contributed by atoms with E-state index in [-0.39, 0.29) is 15.4 Å². The second kappa shape index (κ2) is 8.05. The fraction of sp³-hybridized carbons (Fsp3) is 0.364. The third kappa shape index (κ3) is 10.6. The van der Waals surface area contributed by atoms with Gasteiger partial charge >= 0.3 is 5.97 Å². The predicted octanol–water partition coefficient (Wildman–Crippen LogP) is 2.25. The molecule has 1 aromatic rings. The van der Waals surface area contributed by atoms with E-state index >= 15 is 0 Å². The number of rotatable bonds is 3. The van der Waals surface area contributed by atoms with Crippen LogP contribution in [0.2, 0.25) is 19.6 Å². The van der Waals surface area contributed by atoms with E-state index in [2.05, 4.69) is 19.6 Å². The van der Waals surface area contributed by atoms with Crippen LogP contribution in [0.5, 0.6) is 5.75 Å². The van der Waals surface area contributed by atoms with Crippen molar-refractivity contribution in [3.05, 3.63) is 30.3 Å². The monoisotopic (exact) mass is 226 g/mol. The molecule has 0 bridgehead atoms. The van der Waals surface area contributed by atoms with Crippen molar-refractivity contribution in [1.82, 2.24) is 0 Å². The standard InChI is InChI=1S/C8H8O3.C3H10Si/c9-8(10)6-11-7-4-2-1-3-5-7;1-4(2)3/h1-5H,6H2,(H,9,10);4H,1-3H3. The van der Waals surface area contributed by atoms with Crippen LogP contribution in [0, 0.1) is 0 Å². The Balaban J connectivity index is 0.000000423. The molecule has 0 saturated carbocycles. The third-order valence-electron chi connectivity index (χ3n) is 1.11. The first-order chi connectivity index (χ1) is 7.02. The molecule has 0 atom stereocenters. The van der Waals surface area contributed by atoms with Crippen molar-refractivity contribution in [1.29, 1.82) is 0 Å². The van der Waals surface area contributed by atoms with Crippen molar-refractivity contribution in [3.63, 3.8) is 0 Å². The highest BCUT2D eigenvalue weighted by Crippen LogP contribution is 2.07. The van der Waals surface area contributed by atoms with Gasteiger partial charge in [0.1, 0.15) is 5.75 Å². The number of hydrogen-bond donors (Lipinski definition) is 1. The number of ether oxygens (including phenoxy) is 1. The summed E-state index contributed by atoms with van der Waals surface area (Å²) in [4.78, 5) is 10.0. The molecular weight excluding hydrogens is 208 g/mol. The van der Waals surface area contributed by atoms with Crippen LogP contribution in [0.15, 0.2) is 30.3 Å². The Morgan fingerprint density at radius 3 is 2.13 bits per heavy atom. The second-order valence-corrected chi connectivity index (χ2v) is 7.19. The molecule has 1 aromatic carbocycles. The zero-order chi connectivity index (χ0) is 11.7. The van der Waals surface area contributed by atoms with Gasteiger partial charge in [0.2, 0.25) is 0 Å². The van der Waals surface area contributed by atoms with E-state index in [9.17, 15) is 4.79 Å². The molecule has 0 unspecified atom stereocenters. The van der Waals surface area contributed by atoms with E-state index in [4.69, 9.17) is 9.84 Å². The van der Waals surface area contributed by atoms with Gasteiger partial charge in [-0.25, -0.2) is 4.79 Å². The number of hydrogen-bond acceptors (Lipinski definition) is 2. The van der Waals surface area contributed by atoms with Gasteiger partial charge in [0, 0.05) is 8.80 Å². The highest BCUT2D eigenvalue weighted by atomic mass is 28.3. The Morgan fingerprint density at radius 1 is 1.27 bits per heavy atom. The van der Waals surface area contributed by atoms with Gasteiger partial charge in [0.25, 0.3) is 0 Å². The summed E-state index contributed by atoms with van der Waals surface area (Å²) in [7, 11) is -0.139. The van der Waals surface area contributed by atoms with Gasteiger partial charge < -0.3 is 9.84 Å². The van der Waals surface area contributed by atoms with E-state index in [1.54, 1.807) is 24.3 Å². The van der Waals surface area contributed by atoms with Crippen LogP contribution >= 0.6 is 0 Å². The van der Waals surface area contributed by atoms with Gasteiger partial charge in [-0.1, -0.05) is 37.8 Å². The van der Waals surface area contributed by atoms with Crippen LogP contribution in [0.1, 0.15) is 0 Å². The van der Waals surface area contributed by atoms with Gasteiger partial charge in [0.15, 0.2) is 6.61 Å². The van der Waals surface area contributed by atoms with Crippen LogP contribution in [0.4, 0.5) is 0 Å². The Morgan fingerprint density at radius 2 is 1.73 bits per heavy atom. The first kappa shape index (κ1) is 13.7. The molecule has 0 heterocycles. The highest BCUT2D eigenvalue weighted by molar-refractivity contribution is 6.54. The van der Waals surface area contributed by atoms with Crippen molar-refractivity contribution in [2.24, 2.45) is 0 Å². The van der Waals surface area contributed by atoms with E-state index in [1.807, 2.05) is 6.07 Å². The molecule has 0 radical (unpaired) electrons. The van der Waals surface area contributed by atoms with Crippen LogP contribution in [-0.4, -0.2) is 26.5 Å². The highest BCUT2D eigenvalue weighted by Gasteiger charge is 1.96. The third-order valence-corrected chi connectivity index (χ3v) is 1.11. The summed E-state index contributed by atoms with van der Waals surface area (Å²) in [5, 5.41) is 8.25. The number of carbonyl (C=O) groups is 1. The molecule has 15 heavy (non-hydrogen) atoms. The van der Waals surface area contributed by atoms with Crippen molar-refractivity contribution in [2.75, 3.05) is 6.61 Å². The van der Waals surface area contributed by atoms with Crippen molar-refractivity contribution in [3.8, 4) is 5.75 Å². The molecule has 4 heteroatoms. The normalized spacial score (nSPS) is 9.07. The maximum absolute atomic E-state index is 10.0. The molecule has 1 N–H and O–H groups in total. The minimum absolute atomic E-state index is 0.139. The number of carboxylic acids is 1. The molecule has 1 rings (SSSR count). The molecule has 3 nitrogen and oxygen atoms in total. The number of carboxylic acid groups (broad SMARTS) is 1. The largest absolute Gasteiger partial charge is 0.482 e. The predicted molar refractivity (Wildman–Crippen MR) is 64.3 cm³/mol. The van der Waals surface area contributed by atoms with E-state index in [1.165, 1.54) is 0 Å². The van der Waals surface area contributed by atoms with Gasteiger partial charge in [-0.05, 0) is 12.1 Å².